The van der Waals surface area contributed by atoms with E-state index >= 15 is 0 Å². The van der Waals surface area contributed by atoms with Gasteiger partial charge in [0.15, 0.2) is 0 Å². The smallest absolute Gasteiger partial charge is 0.228 e. The van der Waals surface area contributed by atoms with Crippen molar-refractivity contribution >= 4 is 27.5 Å². The van der Waals surface area contributed by atoms with Crippen LogP contribution >= 0.6 is 0 Å². The van der Waals surface area contributed by atoms with E-state index in [1.165, 1.54) is 6.07 Å². The Hall–Kier alpha value is -3.52. The van der Waals surface area contributed by atoms with Crippen molar-refractivity contribution < 1.29 is 9.84 Å². The van der Waals surface area contributed by atoms with Crippen molar-refractivity contribution in [1.29, 1.82) is 0 Å². The number of rotatable bonds is 2. The Morgan fingerprint density at radius 3 is 2.91 bits per heavy atom. The number of H-pyrrole nitrogens is 1. The second-order valence-corrected chi connectivity index (χ2v) is 5.11. The molecule has 23 heavy (non-hydrogen) atoms. The van der Waals surface area contributed by atoms with Crippen molar-refractivity contribution in [3.63, 3.8) is 0 Å². The number of pyridine rings is 1. The monoisotopic (exact) mass is 301 g/mol. The highest BCUT2D eigenvalue weighted by molar-refractivity contribution is 5.91. The summed E-state index contributed by atoms with van der Waals surface area (Å²) in [6.45, 7) is 7.12. The molecule has 2 aromatic carbocycles. The first-order valence-electron chi connectivity index (χ1n) is 6.99. The van der Waals surface area contributed by atoms with Crippen LogP contribution in [0, 0.1) is 6.57 Å². The number of nitrogens with one attached hydrogen (secondary N) is 1. The summed E-state index contributed by atoms with van der Waals surface area (Å²) in [5, 5.41) is 11.5. The van der Waals surface area contributed by atoms with Crippen molar-refractivity contribution in [2.45, 2.75) is 0 Å². The molecule has 0 spiro atoms. The molecule has 2 aromatic heterocycles. The topological polar surface area (TPSA) is 62.5 Å². The number of phenols is 1. The maximum absolute atomic E-state index is 9.79. The van der Waals surface area contributed by atoms with Crippen LogP contribution in [-0.2, 0) is 0 Å². The zero-order valence-electron chi connectivity index (χ0n) is 11.9. The van der Waals surface area contributed by atoms with Gasteiger partial charge in [-0.05, 0) is 42.5 Å². The second kappa shape index (κ2) is 5.04. The zero-order valence-corrected chi connectivity index (χ0v) is 11.9. The first-order valence-corrected chi connectivity index (χ1v) is 6.99. The van der Waals surface area contributed by atoms with E-state index in [0.29, 0.717) is 22.4 Å². The molecule has 0 aliphatic rings. The minimum Gasteiger partial charge on any atom is -0.519 e. The summed E-state index contributed by atoms with van der Waals surface area (Å²) in [5.74, 6) is 1.21. The molecule has 0 unspecified atom stereocenters. The third-order valence-corrected chi connectivity index (χ3v) is 3.67. The van der Waals surface area contributed by atoms with Gasteiger partial charge in [0, 0.05) is 28.7 Å². The van der Waals surface area contributed by atoms with Crippen molar-refractivity contribution in [3.05, 3.63) is 66.3 Å². The van der Waals surface area contributed by atoms with Crippen LogP contribution in [0.15, 0.2) is 54.9 Å². The summed E-state index contributed by atoms with van der Waals surface area (Å²) in [4.78, 5) is 10.7. The number of benzene rings is 2. The molecule has 4 aromatic rings. The lowest BCUT2D eigenvalue weighted by molar-refractivity contribution is 0.478. The summed E-state index contributed by atoms with van der Waals surface area (Å²) in [7, 11) is 0. The Kier molecular flexibility index (Phi) is 2.88. The maximum Gasteiger partial charge on any atom is 0.228 e. The van der Waals surface area contributed by atoms with Crippen molar-refractivity contribution in [1.82, 2.24) is 9.97 Å². The van der Waals surface area contributed by atoms with E-state index in [1.54, 1.807) is 18.3 Å². The molecule has 0 saturated carbocycles. The van der Waals surface area contributed by atoms with Crippen LogP contribution in [0.2, 0.25) is 0 Å². The second-order valence-electron chi connectivity index (χ2n) is 5.11. The van der Waals surface area contributed by atoms with Crippen LogP contribution in [0.3, 0.4) is 0 Å². The molecule has 0 bridgehead atoms. The van der Waals surface area contributed by atoms with Gasteiger partial charge in [-0.1, -0.05) is 0 Å². The van der Waals surface area contributed by atoms with Gasteiger partial charge < -0.3 is 14.8 Å². The van der Waals surface area contributed by atoms with E-state index in [2.05, 4.69) is 14.8 Å². The Balaban J connectivity index is 1.83. The number of aromatic hydroxyl groups is 1. The lowest BCUT2D eigenvalue weighted by atomic mass is 10.1. The van der Waals surface area contributed by atoms with Gasteiger partial charge in [0.05, 0.1) is 12.1 Å². The van der Waals surface area contributed by atoms with Crippen LogP contribution in [0.1, 0.15) is 0 Å². The molecule has 5 nitrogen and oxygen atoms in total. The summed E-state index contributed by atoms with van der Waals surface area (Å²) >= 11 is 0. The number of phenolic OH excluding ortho intramolecular Hbond substituents is 1. The minimum atomic E-state index is -0.0779. The molecule has 2 heterocycles. The third kappa shape index (κ3) is 2.23. The van der Waals surface area contributed by atoms with Gasteiger partial charge in [-0.2, -0.15) is 0 Å². The van der Waals surface area contributed by atoms with Gasteiger partial charge in [0.1, 0.15) is 17.2 Å². The fraction of sp³-hybridized carbons (Fsp3) is 0. The van der Waals surface area contributed by atoms with Gasteiger partial charge in [0.25, 0.3) is 0 Å². The average molecular weight is 301 g/mol. The van der Waals surface area contributed by atoms with Gasteiger partial charge in [-0.25, -0.2) is 4.85 Å². The van der Waals surface area contributed by atoms with Gasteiger partial charge in [-0.15, -0.1) is 0 Å². The number of fused-ring (bicyclic) bond motifs is 2. The van der Waals surface area contributed by atoms with Gasteiger partial charge in [0.2, 0.25) is 5.69 Å². The molecule has 0 amide bonds. The van der Waals surface area contributed by atoms with E-state index in [-0.39, 0.29) is 11.4 Å². The molecule has 0 fully saturated rings. The Bertz CT molecular complexity index is 1080. The lowest BCUT2D eigenvalue weighted by Gasteiger charge is -2.09. The van der Waals surface area contributed by atoms with Crippen LogP contribution in [0.25, 0.3) is 26.7 Å². The standard InChI is InChI=1S/C18H11N3O2/c1-19-16-9-13-15(10-17(16)22)21-7-5-18(13)23-12-2-3-14-11(8-12)4-6-20-14/h2-10,20,22H. The molecule has 0 aliphatic carbocycles. The van der Waals surface area contributed by atoms with Crippen molar-refractivity contribution in [2.75, 3.05) is 0 Å². The highest BCUT2D eigenvalue weighted by atomic mass is 16.5. The first kappa shape index (κ1) is 13.2. The number of hydrogen-bond acceptors (Lipinski definition) is 3. The summed E-state index contributed by atoms with van der Waals surface area (Å²) in [6, 6.07) is 12.6. The van der Waals surface area contributed by atoms with Gasteiger partial charge in [-0.3, -0.25) is 4.98 Å². The zero-order chi connectivity index (χ0) is 15.8. The molecule has 0 saturated heterocycles. The number of nitrogens with zero attached hydrogens (tertiary/aromatic N) is 2. The van der Waals surface area contributed by atoms with E-state index in [4.69, 9.17) is 11.3 Å². The van der Waals surface area contributed by atoms with Crippen molar-refractivity contribution in [2.24, 2.45) is 0 Å². The van der Waals surface area contributed by atoms with E-state index in [9.17, 15) is 5.11 Å². The Morgan fingerprint density at radius 2 is 2.04 bits per heavy atom. The Morgan fingerprint density at radius 1 is 1.13 bits per heavy atom. The summed E-state index contributed by atoms with van der Waals surface area (Å²) in [5.41, 5.74) is 1.80. The van der Waals surface area contributed by atoms with E-state index < -0.39 is 0 Å². The molecular weight excluding hydrogens is 290 g/mol. The molecule has 4 rings (SSSR count). The molecule has 5 heteroatoms. The first-order chi connectivity index (χ1) is 11.2. The van der Waals surface area contributed by atoms with Crippen molar-refractivity contribution in [3.8, 4) is 17.2 Å². The fourth-order valence-electron chi connectivity index (χ4n) is 2.55. The normalized spacial score (nSPS) is 10.7. The van der Waals surface area contributed by atoms with E-state index in [1.807, 2.05) is 30.5 Å². The highest BCUT2D eigenvalue weighted by Gasteiger charge is 2.10. The highest BCUT2D eigenvalue weighted by Crippen LogP contribution is 2.36. The molecule has 0 aliphatic heterocycles. The number of hydrogen-bond donors (Lipinski definition) is 2. The number of aromatic amines is 1. The van der Waals surface area contributed by atoms with Gasteiger partial charge >= 0.3 is 0 Å². The number of ether oxygens (including phenoxy) is 1. The SMILES string of the molecule is [C-]#[N+]c1cc2c(Oc3ccc4[nH]ccc4c3)ccnc2cc1O. The Labute approximate surface area is 131 Å². The fourth-order valence-corrected chi connectivity index (χ4v) is 2.55. The van der Waals surface area contributed by atoms with Crippen LogP contribution in [0.5, 0.6) is 17.2 Å². The number of aromatic nitrogens is 2. The largest absolute Gasteiger partial charge is 0.519 e. The quantitative estimate of drug-likeness (QED) is 0.524. The predicted molar refractivity (Wildman–Crippen MR) is 88.0 cm³/mol. The van der Waals surface area contributed by atoms with Crippen LogP contribution < -0.4 is 4.74 Å². The summed E-state index contributed by atoms with van der Waals surface area (Å²) in [6.07, 6.45) is 3.49. The summed E-state index contributed by atoms with van der Waals surface area (Å²) < 4.78 is 5.97. The average Bonchev–Trinajstić information content (AvgIpc) is 3.02. The predicted octanol–water partition coefficient (Wildman–Crippen LogP) is 4.76. The maximum atomic E-state index is 9.79. The molecular formula is C18H11N3O2. The minimum absolute atomic E-state index is 0.0779. The molecule has 0 atom stereocenters. The third-order valence-electron chi connectivity index (χ3n) is 3.67. The van der Waals surface area contributed by atoms with E-state index in [0.717, 1.165) is 10.9 Å². The lowest BCUT2D eigenvalue weighted by Crippen LogP contribution is -1.88. The molecule has 110 valence electrons. The molecule has 0 radical (unpaired) electrons. The van der Waals surface area contributed by atoms with Crippen LogP contribution in [0.4, 0.5) is 5.69 Å². The molecule has 2 N–H and O–H groups in total. The van der Waals surface area contributed by atoms with Crippen LogP contribution in [-0.4, -0.2) is 15.1 Å².